The molecule has 0 atom stereocenters. The monoisotopic (exact) mass is 454 g/mol. The highest BCUT2D eigenvalue weighted by atomic mass is 35.5. The van der Waals surface area contributed by atoms with Gasteiger partial charge >= 0.3 is 0 Å². The van der Waals surface area contributed by atoms with Gasteiger partial charge in [-0.2, -0.15) is 4.37 Å². The lowest BCUT2D eigenvalue weighted by Crippen LogP contribution is -2.25. The quantitative estimate of drug-likeness (QED) is 0.593. The van der Waals surface area contributed by atoms with Crippen molar-refractivity contribution >= 4 is 38.3 Å². The lowest BCUT2D eigenvalue weighted by Gasteiger charge is -2.20. The first-order valence-electron chi connectivity index (χ1n) is 8.66. The van der Waals surface area contributed by atoms with E-state index in [1.54, 1.807) is 0 Å². The van der Waals surface area contributed by atoms with Crippen molar-refractivity contribution in [3.05, 3.63) is 64.2 Å². The van der Waals surface area contributed by atoms with Crippen LogP contribution in [-0.2, 0) is 29.6 Å². The molecule has 0 unspecified atom stereocenters. The number of halogens is 2. The van der Waals surface area contributed by atoms with Crippen LogP contribution in [0.4, 0.5) is 9.52 Å². The average molecular weight is 455 g/mol. The van der Waals surface area contributed by atoms with Crippen LogP contribution < -0.4 is 14.8 Å². The van der Waals surface area contributed by atoms with Gasteiger partial charge in [-0.05, 0) is 35.7 Å². The largest absolute Gasteiger partial charge is 0.487 e. The number of anilines is 1. The summed E-state index contributed by atoms with van der Waals surface area (Å²) in [5.74, 6) is -0.904. The summed E-state index contributed by atoms with van der Waals surface area (Å²) in [6.07, 6.45) is 2.13. The van der Waals surface area contributed by atoms with E-state index >= 15 is 0 Å². The number of nitrogens with zero attached hydrogens (tertiary/aromatic N) is 2. The van der Waals surface area contributed by atoms with Crippen LogP contribution in [0.3, 0.4) is 0 Å². The van der Waals surface area contributed by atoms with Crippen LogP contribution in [0.25, 0.3) is 0 Å². The minimum Gasteiger partial charge on any atom is -0.487 e. The number of nitrogens with one attached hydrogen (secondary N) is 2. The molecule has 1 aliphatic heterocycles. The second kappa shape index (κ2) is 8.23. The smallest absolute Gasteiger partial charge is 0.266 e. The molecule has 1 aliphatic rings. The fourth-order valence-corrected chi connectivity index (χ4v) is 5.12. The summed E-state index contributed by atoms with van der Waals surface area (Å²) in [7, 11) is -4.20. The summed E-state index contributed by atoms with van der Waals surface area (Å²) in [6, 6.07) is 7.99. The minimum absolute atomic E-state index is 0.00744. The second-order valence-corrected chi connectivity index (χ2v) is 9.17. The molecule has 0 amide bonds. The highest BCUT2D eigenvalue weighted by Crippen LogP contribution is 2.32. The van der Waals surface area contributed by atoms with Crippen molar-refractivity contribution in [2.45, 2.75) is 24.5 Å². The Morgan fingerprint density at radius 1 is 1.34 bits per heavy atom. The van der Waals surface area contributed by atoms with Crippen LogP contribution >= 0.6 is 23.1 Å². The summed E-state index contributed by atoms with van der Waals surface area (Å²) in [5.41, 5.74) is 3.39. The second-order valence-electron chi connectivity index (χ2n) is 6.34. The Labute approximate surface area is 176 Å². The molecule has 0 fully saturated rings. The summed E-state index contributed by atoms with van der Waals surface area (Å²) in [5, 5.41) is 3.34. The zero-order chi connectivity index (χ0) is 20.4. The number of hydrogen-bond donors (Lipinski definition) is 2. The van der Waals surface area contributed by atoms with E-state index in [0.717, 1.165) is 54.3 Å². The van der Waals surface area contributed by atoms with Crippen molar-refractivity contribution < 1.29 is 17.5 Å². The first-order chi connectivity index (χ1) is 13.9. The van der Waals surface area contributed by atoms with E-state index in [-0.39, 0.29) is 22.5 Å². The molecule has 0 bridgehead atoms. The number of hydrogen-bond acceptors (Lipinski definition) is 7. The van der Waals surface area contributed by atoms with Gasteiger partial charge in [0, 0.05) is 24.1 Å². The molecule has 2 heterocycles. The molecule has 3 aromatic rings. The van der Waals surface area contributed by atoms with Gasteiger partial charge in [0.15, 0.2) is 0 Å². The Balaban J connectivity index is 1.55. The Bertz CT molecular complexity index is 1140. The van der Waals surface area contributed by atoms with Crippen molar-refractivity contribution in [3.8, 4) is 5.75 Å². The normalized spacial score (nSPS) is 13.7. The van der Waals surface area contributed by atoms with Gasteiger partial charge in [0.2, 0.25) is 5.13 Å². The van der Waals surface area contributed by atoms with Gasteiger partial charge in [-0.1, -0.05) is 29.8 Å². The number of fused-ring (bicyclic) bond motifs is 1. The third-order valence-electron chi connectivity index (χ3n) is 4.49. The maximum absolute atomic E-state index is 14.6. The highest BCUT2D eigenvalue weighted by Gasteiger charge is 2.23. The zero-order valence-electron chi connectivity index (χ0n) is 15.0. The number of rotatable bonds is 6. The molecule has 1 aromatic heterocycles. The van der Waals surface area contributed by atoms with E-state index in [2.05, 4.69) is 25.5 Å². The highest BCUT2D eigenvalue weighted by molar-refractivity contribution is 7.93. The zero-order valence-corrected chi connectivity index (χ0v) is 17.4. The molecule has 4 rings (SSSR count). The van der Waals surface area contributed by atoms with E-state index in [1.807, 2.05) is 12.1 Å². The summed E-state index contributed by atoms with van der Waals surface area (Å²) in [4.78, 5) is 3.14. The van der Waals surface area contributed by atoms with E-state index in [1.165, 1.54) is 11.9 Å². The Morgan fingerprint density at radius 2 is 2.21 bits per heavy atom. The Morgan fingerprint density at radius 3 is 3.00 bits per heavy atom. The fraction of sp³-hybridized carbons (Fsp3) is 0.222. The van der Waals surface area contributed by atoms with Gasteiger partial charge in [0.25, 0.3) is 10.0 Å². The number of sulfonamides is 1. The van der Waals surface area contributed by atoms with E-state index in [0.29, 0.717) is 0 Å². The van der Waals surface area contributed by atoms with Crippen molar-refractivity contribution in [2.24, 2.45) is 0 Å². The lowest BCUT2D eigenvalue weighted by molar-refractivity contribution is 0.302. The molecular formula is C18H16ClFN4O3S2. The van der Waals surface area contributed by atoms with Crippen molar-refractivity contribution in [1.29, 1.82) is 0 Å². The van der Waals surface area contributed by atoms with Crippen molar-refractivity contribution in [2.75, 3.05) is 11.3 Å². The first-order valence-corrected chi connectivity index (χ1v) is 11.3. The average Bonchev–Trinajstić information content (AvgIpc) is 3.20. The molecule has 2 aromatic carbocycles. The third-order valence-corrected chi connectivity index (χ3v) is 6.84. The molecular weight excluding hydrogens is 439 g/mol. The number of benzene rings is 2. The lowest BCUT2D eigenvalue weighted by atomic mass is 9.96. The van der Waals surface area contributed by atoms with Crippen LogP contribution in [0.5, 0.6) is 5.75 Å². The minimum atomic E-state index is -4.20. The van der Waals surface area contributed by atoms with Crippen LogP contribution in [0.15, 0.2) is 41.6 Å². The van der Waals surface area contributed by atoms with Crippen LogP contribution in [0, 0.1) is 5.82 Å². The number of ether oxygens (including phenoxy) is 1. The van der Waals surface area contributed by atoms with Crippen LogP contribution in [-0.4, -0.2) is 24.3 Å². The van der Waals surface area contributed by atoms with Gasteiger partial charge in [0.05, 0.1) is 5.02 Å². The predicted molar refractivity (Wildman–Crippen MR) is 108 cm³/mol. The number of aromatic nitrogens is 2. The van der Waals surface area contributed by atoms with E-state index < -0.39 is 20.7 Å². The molecule has 2 N–H and O–H groups in total. The standard InChI is InChI=1S/C18H16ClFN4O3S2/c19-14-6-17(29(25,26)24-18-22-10-23-28-18)15(20)7-16(14)27-9-12-3-1-2-11-4-5-21-8-13(11)12/h1-3,6-7,10,21H,4-5,8-9H2,(H,22,23,24). The van der Waals surface area contributed by atoms with Gasteiger partial charge in [-0.3, -0.25) is 4.72 Å². The van der Waals surface area contributed by atoms with Crippen LogP contribution in [0.1, 0.15) is 16.7 Å². The van der Waals surface area contributed by atoms with E-state index in [9.17, 15) is 12.8 Å². The van der Waals surface area contributed by atoms with Gasteiger partial charge in [-0.15, -0.1) is 0 Å². The molecule has 0 saturated heterocycles. The molecule has 11 heteroatoms. The SMILES string of the molecule is O=S(=O)(Nc1ncns1)c1cc(Cl)c(OCc2cccc3c2CNCC3)cc1F. The molecule has 0 spiro atoms. The maximum atomic E-state index is 14.6. The summed E-state index contributed by atoms with van der Waals surface area (Å²) < 4.78 is 50.9. The molecule has 152 valence electrons. The molecule has 0 radical (unpaired) electrons. The fourth-order valence-electron chi connectivity index (χ4n) is 3.09. The van der Waals surface area contributed by atoms with Crippen LogP contribution in [0.2, 0.25) is 5.02 Å². The topological polar surface area (TPSA) is 93.2 Å². The molecule has 7 nitrogen and oxygen atoms in total. The van der Waals surface area contributed by atoms with Gasteiger partial charge in [-0.25, -0.2) is 17.8 Å². The molecule has 29 heavy (non-hydrogen) atoms. The Hall–Kier alpha value is -2.27. The van der Waals surface area contributed by atoms with Crippen molar-refractivity contribution in [3.63, 3.8) is 0 Å². The predicted octanol–water partition coefficient (Wildman–Crippen LogP) is 3.36. The van der Waals surface area contributed by atoms with Gasteiger partial charge in [0.1, 0.15) is 29.4 Å². The van der Waals surface area contributed by atoms with Crippen molar-refractivity contribution in [1.82, 2.24) is 14.7 Å². The summed E-state index contributed by atoms with van der Waals surface area (Å²) >= 11 is 7.02. The molecule has 0 aliphatic carbocycles. The first kappa shape index (κ1) is 20.0. The summed E-state index contributed by atoms with van der Waals surface area (Å²) in [6.45, 7) is 1.86. The maximum Gasteiger partial charge on any atom is 0.266 e. The third kappa shape index (κ3) is 4.35. The molecule has 0 saturated carbocycles. The Kier molecular flexibility index (Phi) is 5.68. The van der Waals surface area contributed by atoms with Gasteiger partial charge < -0.3 is 10.1 Å². The van der Waals surface area contributed by atoms with E-state index in [4.69, 9.17) is 16.3 Å².